The van der Waals surface area contributed by atoms with Crippen LogP contribution in [0, 0.1) is 0 Å². The van der Waals surface area contributed by atoms with Crippen molar-refractivity contribution < 1.29 is 14.3 Å². The summed E-state index contributed by atoms with van der Waals surface area (Å²) in [6.07, 6.45) is 2.86. The number of carbonyl (C=O) groups is 2. The molecule has 0 aliphatic carbocycles. The molecule has 1 aromatic carbocycles. The first-order valence-electron chi connectivity index (χ1n) is 9.11. The van der Waals surface area contributed by atoms with Gasteiger partial charge >= 0.3 is 0 Å². The minimum atomic E-state index is -0.531. The number of piperidine rings is 1. The van der Waals surface area contributed by atoms with Crippen LogP contribution in [0.25, 0.3) is 0 Å². The molecule has 6 nitrogen and oxygen atoms in total. The van der Waals surface area contributed by atoms with Crippen LogP contribution in [0.1, 0.15) is 39.5 Å². The average Bonchev–Trinajstić information content (AvgIpc) is 2.62. The summed E-state index contributed by atoms with van der Waals surface area (Å²) in [5.74, 6) is 0.661. The smallest absolute Gasteiger partial charge is 0.267 e. The number of rotatable bonds is 4. The van der Waals surface area contributed by atoms with Crippen LogP contribution in [0.3, 0.4) is 0 Å². The Morgan fingerprint density at radius 2 is 2.12 bits per heavy atom. The van der Waals surface area contributed by atoms with Gasteiger partial charge in [-0.05, 0) is 45.2 Å². The third kappa shape index (κ3) is 3.63. The molecule has 0 aromatic heterocycles. The summed E-state index contributed by atoms with van der Waals surface area (Å²) in [6, 6.07) is 7.53. The van der Waals surface area contributed by atoms with E-state index in [1.807, 2.05) is 36.1 Å². The van der Waals surface area contributed by atoms with E-state index >= 15 is 0 Å². The lowest BCUT2D eigenvalue weighted by atomic mass is 9.96. The highest BCUT2D eigenvalue weighted by atomic mass is 16.5. The highest BCUT2D eigenvalue weighted by Gasteiger charge is 2.33. The largest absolute Gasteiger partial charge is 0.479 e. The minimum absolute atomic E-state index is 0.0324. The Labute approximate surface area is 148 Å². The topological polar surface area (TPSA) is 75.9 Å². The van der Waals surface area contributed by atoms with Gasteiger partial charge in [0.1, 0.15) is 5.75 Å². The number of amides is 2. The molecule has 2 aliphatic rings. The van der Waals surface area contributed by atoms with Crippen molar-refractivity contribution in [2.75, 3.05) is 18.0 Å². The number of hydrogen-bond acceptors (Lipinski definition) is 4. The first kappa shape index (κ1) is 17.7. The third-order valence-corrected chi connectivity index (χ3v) is 5.10. The van der Waals surface area contributed by atoms with Gasteiger partial charge in [0.25, 0.3) is 5.91 Å². The predicted molar refractivity (Wildman–Crippen MR) is 96.5 cm³/mol. The lowest BCUT2D eigenvalue weighted by Gasteiger charge is -2.39. The average molecular weight is 345 g/mol. The highest BCUT2D eigenvalue weighted by molar-refractivity contribution is 6.00. The zero-order valence-corrected chi connectivity index (χ0v) is 15.0. The SMILES string of the molecule is CC1Oc2ccccc2N(CCC(=O)N2CCCCC2C(C)N)C1=O. The maximum absolute atomic E-state index is 12.8. The molecule has 2 N–H and O–H groups in total. The Morgan fingerprint density at radius 1 is 1.36 bits per heavy atom. The monoisotopic (exact) mass is 345 g/mol. The fraction of sp³-hybridized carbons (Fsp3) is 0.579. The molecule has 0 bridgehead atoms. The molecule has 3 atom stereocenters. The van der Waals surface area contributed by atoms with E-state index in [2.05, 4.69) is 0 Å². The van der Waals surface area contributed by atoms with Crippen molar-refractivity contribution in [2.45, 2.75) is 57.7 Å². The van der Waals surface area contributed by atoms with Crippen LogP contribution >= 0.6 is 0 Å². The summed E-state index contributed by atoms with van der Waals surface area (Å²) >= 11 is 0. The standard InChI is InChI=1S/C19H27N3O3/c1-13(20)15-7-5-6-11-21(15)18(23)10-12-22-16-8-3-4-9-17(16)25-14(2)19(22)24/h3-4,8-9,13-15H,5-7,10-12,20H2,1-2H3. The minimum Gasteiger partial charge on any atom is -0.479 e. The number of fused-ring (bicyclic) bond motifs is 1. The van der Waals surface area contributed by atoms with Gasteiger partial charge < -0.3 is 20.3 Å². The Bertz CT molecular complexity index is 647. The number of hydrogen-bond donors (Lipinski definition) is 1. The van der Waals surface area contributed by atoms with E-state index in [9.17, 15) is 9.59 Å². The van der Waals surface area contributed by atoms with Gasteiger partial charge in [-0.25, -0.2) is 0 Å². The van der Waals surface area contributed by atoms with Crippen LogP contribution in [0.2, 0.25) is 0 Å². The summed E-state index contributed by atoms with van der Waals surface area (Å²) in [7, 11) is 0. The summed E-state index contributed by atoms with van der Waals surface area (Å²) in [6.45, 7) is 4.82. The Balaban J connectivity index is 1.70. The number of benzene rings is 1. The van der Waals surface area contributed by atoms with Crippen LogP contribution < -0.4 is 15.4 Å². The summed E-state index contributed by atoms with van der Waals surface area (Å²) in [4.78, 5) is 28.8. The summed E-state index contributed by atoms with van der Waals surface area (Å²) in [5.41, 5.74) is 6.80. The number of nitrogens with zero attached hydrogens (tertiary/aromatic N) is 2. The molecule has 3 rings (SSSR count). The van der Waals surface area contributed by atoms with Crippen molar-refractivity contribution in [3.05, 3.63) is 24.3 Å². The third-order valence-electron chi connectivity index (χ3n) is 5.10. The van der Waals surface area contributed by atoms with Crippen molar-refractivity contribution in [3.63, 3.8) is 0 Å². The second-order valence-electron chi connectivity index (χ2n) is 6.98. The maximum atomic E-state index is 12.8. The van der Waals surface area contributed by atoms with E-state index in [0.29, 0.717) is 18.7 Å². The van der Waals surface area contributed by atoms with E-state index < -0.39 is 6.10 Å². The molecule has 0 spiro atoms. The van der Waals surface area contributed by atoms with E-state index in [1.165, 1.54) is 0 Å². The van der Waals surface area contributed by atoms with Crippen LogP contribution in [0.4, 0.5) is 5.69 Å². The van der Waals surface area contributed by atoms with Crippen LogP contribution in [-0.4, -0.2) is 48.0 Å². The van der Waals surface area contributed by atoms with Gasteiger partial charge in [-0.1, -0.05) is 12.1 Å². The molecular weight excluding hydrogens is 318 g/mol. The molecule has 1 fully saturated rings. The Kier molecular flexibility index (Phi) is 5.27. The number of nitrogens with two attached hydrogens (primary N) is 1. The first-order valence-corrected chi connectivity index (χ1v) is 9.11. The fourth-order valence-corrected chi connectivity index (χ4v) is 3.75. The number of ether oxygens (including phenoxy) is 1. The number of carbonyl (C=O) groups excluding carboxylic acids is 2. The molecule has 3 unspecified atom stereocenters. The van der Waals surface area contributed by atoms with Gasteiger partial charge in [0.05, 0.1) is 5.69 Å². The molecule has 0 radical (unpaired) electrons. The number of anilines is 1. The van der Waals surface area contributed by atoms with Crippen LogP contribution in [-0.2, 0) is 9.59 Å². The van der Waals surface area contributed by atoms with Crippen molar-refractivity contribution in [1.82, 2.24) is 4.90 Å². The first-order chi connectivity index (χ1) is 12.0. The highest BCUT2D eigenvalue weighted by Crippen LogP contribution is 2.33. The summed E-state index contributed by atoms with van der Waals surface area (Å²) in [5, 5.41) is 0. The van der Waals surface area contributed by atoms with Gasteiger partial charge in [-0.2, -0.15) is 0 Å². The molecule has 6 heteroatoms. The van der Waals surface area contributed by atoms with E-state index in [4.69, 9.17) is 10.5 Å². The van der Waals surface area contributed by atoms with Gasteiger partial charge in [-0.3, -0.25) is 9.59 Å². The van der Waals surface area contributed by atoms with E-state index in [1.54, 1.807) is 11.8 Å². The predicted octanol–water partition coefficient (Wildman–Crippen LogP) is 1.92. The van der Waals surface area contributed by atoms with Crippen LogP contribution in [0.5, 0.6) is 5.75 Å². The van der Waals surface area contributed by atoms with Crippen molar-refractivity contribution >= 4 is 17.5 Å². The van der Waals surface area contributed by atoms with Crippen molar-refractivity contribution in [3.8, 4) is 5.75 Å². The molecule has 1 aromatic rings. The van der Waals surface area contributed by atoms with Gasteiger partial charge in [-0.15, -0.1) is 0 Å². The number of para-hydroxylation sites is 2. The quantitative estimate of drug-likeness (QED) is 0.904. The van der Waals surface area contributed by atoms with Crippen LogP contribution in [0.15, 0.2) is 24.3 Å². The maximum Gasteiger partial charge on any atom is 0.267 e. The molecule has 1 saturated heterocycles. The van der Waals surface area contributed by atoms with E-state index in [-0.39, 0.29) is 23.9 Å². The lowest BCUT2D eigenvalue weighted by Crippen LogP contribution is -2.52. The molecule has 25 heavy (non-hydrogen) atoms. The molecule has 2 amide bonds. The lowest BCUT2D eigenvalue weighted by molar-refractivity contribution is -0.135. The normalized spacial score (nSPS) is 24.5. The number of likely N-dealkylation sites (tertiary alicyclic amines) is 1. The van der Waals surface area contributed by atoms with E-state index in [0.717, 1.165) is 31.5 Å². The summed E-state index contributed by atoms with van der Waals surface area (Å²) < 4.78 is 5.64. The Hall–Kier alpha value is -2.08. The zero-order valence-electron chi connectivity index (χ0n) is 15.0. The van der Waals surface area contributed by atoms with Gasteiger partial charge in [0, 0.05) is 31.6 Å². The molecule has 2 heterocycles. The van der Waals surface area contributed by atoms with Crippen molar-refractivity contribution in [1.29, 1.82) is 0 Å². The molecule has 0 saturated carbocycles. The molecule has 2 aliphatic heterocycles. The zero-order chi connectivity index (χ0) is 18.0. The molecule has 136 valence electrons. The van der Waals surface area contributed by atoms with Gasteiger partial charge in [0.15, 0.2) is 6.10 Å². The van der Waals surface area contributed by atoms with Gasteiger partial charge in [0.2, 0.25) is 5.91 Å². The van der Waals surface area contributed by atoms with Crippen molar-refractivity contribution in [2.24, 2.45) is 5.73 Å². The molecular formula is C19H27N3O3. The second kappa shape index (κ2) is 7.44. The second-order valence-corrected chi connectivity index (χ2v) is 6.98. The fourth-order valence-electron chi connectivity index (χ4n) is 3.75. The Morgan fingerprint density at radius 3 is 2.88 bits per heavy atom.